The number of imide groups is 1. The van der Waals surface area contributed by atoms with Gasteiger partial charge in [0, 0.05) is 28.1 Å². The molecule has 1 aromatic carbocycles. The molecule has 142 valence electrons. The molecule has 1 atom stereocenters. The number of anilines is 2. The van der Waals surface area contributed by atoms with Crippen LogP contribution >= 0.6 is 0 Å². The van der Waals surface area contributed by atoms with E-state index in [0.29, 0.717) is 30.1 Å². The molecule has 3 rings (SSSR count). The summed E-state index contributed by atoms with van der Waals surface area (Å²) in [5.74, 6) is -0.190. The van der Waals surface area contributed by atoms with Crippen LogP contribution in [0.25, 0.3) is 0 Å². The molecular weight excluding hydrogens is 321 g/mol. The Balaban J connectivity index is 0.00000164. The fourth-order valence-electron chi connectivity index (χ4n) is 3.14. The van der Waals surface area contributed by atoms with Gasteiger partial charge in [0.25, 0.3) is 0 Å². The predicted octanol–water partition coefficient (Wildman–Crippen LogP) is 3.80. The molecule has 1 aromatic rings. The van der Waals surface area contributed by atoms with Crippen LogP contribution in [0, 0.1) is 11.7 Å². The molecule has 2 aliphatic heterocycles. The summed E-state index contributed by atoms with van der Waals surface area (Å²) < 4.78 is 14.4. The lowest BCUT2D eigenvalue weighted by atomic mass is 9.98. The highest BCUT2D eigenvalue weighted by atomic mass is 19.1. The standard InChI is InChI=1S/C17H22FN3O2.C2H6.2H2/c1-11-6-8-21(9-7-11)15-4-2-12(10-13(15)18)19-14-3-5-16(22)20-17(14)23;1-2;;/h2,4,10-11,14,19H,3,5-9H2,1H3,(H,20,22,23);1-2H3;2*1H. The number of nitrogens with one attached hydrogen (secondary N) is 2. The number of carbonyl (C=O) groups excluding carboxylic acids is 2. The number of amides is 2. The van der Waals surface area contributed by atoms with Gasteiger partial charge in [-0.05, 0) is 43.4 Å². The van der Waals surface area contributed by atoms with E-state index in [-0.39, 0.29) is 20.5 Å². The Morgan fingerprint density at radius 3 is 2.48 bits per heavy atom. The van der Waals surface area contributed by atoms with Crippen LogP contribution in [-0.2, 0) is 9.59 Å². The van der Waals surface area contributed by atoms with Gasteiger partial charge in [-0.1, -0.05) is 20.8 Å². The van der Waals surface area contributed by atoms with Crippen LogP contribution < -0.4 is 15.5 Å². The molecular formula is C19H32FN3O2. The monoisotopic (exact) mass is 353 g/mol. The number of benzene rings is 1. The Labute approximate surface area is 151 Å². The molecule has 1 unspecified atom stereocenters. The number of halogens is 1. The first-order valence-electron chi connectivity index (χ1n) is 9.17. The SMILES string of the molecule is CC.CC1CCN(c2ccc(NC3CCC(=O)NC3=O)cc2F)CC1.[HH].[HH]. The molecule has 6 heteroatoms. The van der Waals surface area contributed by atoms with Gasteiger partial charge >= 0.3 is 0 Å². The topological polar surface area (TPSA) is 61.4 Å². The molecule has 0 spiro atoms. The van der Waals surface area contributed by atoms with E-state index in [4.69, 9.17) is 0 Å². The minimum Gasteiger partial charge on any atom is -0.374 e. The average Bonchev–Trinajstić information content (AvgIpc) is 2.60. The summed E-state index contributed by atoms with van der Waals surface area (Å²) in [6.45, 7) is 7.97. The smallest absolute Gasteiger partial charge is 0.249 e. The highest BCUT2D eigenvalue weighted by molar-refractivity contribution is 6.01. The first-order chi connectivity index (χ1) is 12.0. The maximum Gasteiger partial charge on any atom is 0.249 e. The van der Waals surface area contributed by atoms with Gasteiger partial charge in [-0.3, -0.25) is 14.9 Å². The largest absolute Gasteiger partial charge is 0.374 e. The molecule has 2 N–H and O–H groups in total. The van der Waals surface area contributed by atoms with Crippen LogP contribution in [0.4, 0.5) is 15.8 Å². The van der Waals surface area contributed by atoms with Crippen LogP contribution in [0.15, 0.2) is 18.2 Å². The van der Waals surface area contributed by atoms with Gasteiger partial charge in [0.15, 0.2) is 0 Å². The van der Waals surface area contributed by atoms with Crippen molar-refractivity contribution in [2.45, 2.75) is 52.5 Å². The van der Waals surface area contributed by atoms with E-state index in [1.807, 2.05) is 13.8 Å². The number of nitrogens with zero attached hydrogens (tertiary/aromatic N) is 1. The Morgan fingerprint density at radius 1 is 1.20 bits per heavy atom. The molecule has 2 aliphatic rings. The fourth-order valence-corrected chi connectivity index (χ4v) is 3.14. The number of hydrogen-bond donors (Lipinski definition) is 2. The zero-order valence-electron chi connectivity index (χ0n) is 15.3. The zero-order chi connectivity index (χ0) is 18.4. The van der Waals surface area contributed by atoms with E-state index in [1.54, 1.807) is 12.1 Å². The van der Waals surface area contributed by atoms with Crippen LogP contribution in [0.5, 0.6) is 0 Å². The lowest BCUT2D eigenvalue weighted by Crippen LogP contribution is -2.47. The lowest BCUT2D eigenvalue weighted by Gasteiger charge is -2.32. The van der Waals surface area contributed by atoms with Crippen molar-refractivity contribution >= 4 is 23.2 Å². The molecule has 2 saturated heterocycles. The summed E-state index contributed by atoms with van der Waals surface area (Å²) in [5, 5.41) is 5.30. The van der Waals surface area contributed by atoms with Crippen molar-refractivity contribution in [2.24, 2.45) is 5.92 Å². The van der Waals surface area contributed by atoms with E-state index in [9.17, 15) is 14.0 Å². The average molecular weight is 353 g/mol. The van der Waals surface area contributed by atoms with E-state index in [1.165, 1.54) is 6.07 Å². The molecule has 2 amide bonds. The van der Waals surface area contributed by atoms with Gasteiger partial charge in [-0.15, -0.1) is 0 Å². The zero-order valence-corrected chi connectivity index (χ0v) is 15.3. The van der Waals surface area contributed by atoms with Crippen molar-refractivity contribution in [1.29, 1.82) is 0 Å². The Bertz CT molecular complexity index is 623. The normalized spacial score (nSPS) is 21.3. The first-order valence-corrected chi connectivity index (χ1v) is 9.17. The van der Waals surface area contributed by atoms with E-state index >= 15 is 0 Å². The summed E-state index contributed by atoms with van der Waals surface area (Å²) >= 11 is 0. The molecule has 0 aromatic heterocycles. The van der Waals surface area contributed by atoms with E-state index in [0.717, 1.165) is 25.9 Å². The molecule has 2 heterocycles. The highest BCUT2D eigenvalue weighted by Gasteiger charge is 2.26. The van der Waals surface area contributed by atoms with Gasteiger partial charge in [-0.2, -0.15) is 0 Å². The minimum absolute atomic E-state index is 0. The third-order valence-corrected chi connectivity index (χ3v) is 4.65. The molecule has 0 saturated carbocycles. The van der Waals surface area contributed by atoms with Crippen molar-refractivity contribution in [1.82, 2.24) is 5.32 Å². The quantitative estimate of drug-likeness (QED) is 0.812. The molecule has 0 radical (unpaired) electrons. The number of hydrogen-bond acceptors (Lipinski definition) is 4. The maximum atomic E-state index is 14.4. The summed E-state index contributed by atoms with van der Waals surface area (Å²) in [6, 6.07) is 4.49. The summed E-state index contributed by atoms with van der Waals surface area (Å²) in [7, 11) is 0. The Kier molecular flexibility index (Phi) is 6.79. The summed E-state index contributed by atoms with van der Waals surface area (Å²) in [4.78, 5) is 25.0. The molecule has 0 aliphatic carbocycles. The Morgan fingerprint density at radius 2 is 1.88 bits per heavy atom. The highest BCUT2D eigenvalue weighted by Crippen LogP contribution is 2.28. The lowest BCUT2D eigenvalue weighted by molar-refractivity contribution is -0.133. The van der Waals surface area contributed by atoms with Crippen molar-refractivity contribution in [2.75, 3.05) is 23.3 Å². The third-order valence-electron chi connectivity index (χ3n) is 4.65. The van der Waals surface area contributed by atoms with Crippen LogP contribution in [0.3, 0.4) is 0 Å². The molecule has 2 fully saturated rings. The van der Waals surface area contributed by atoms with Crippen LogP contribution in [0.2, 0.25) is 0 Å². The predicted molar refractivity (Wildman–Crippen MR) is 102 cm³/mol. The van der Waals surface area contributed by atoms with Gasteiger partial charge in [0.2, 0.25) is 11.8 Å². The maximum absolute atomic E-state index is 14.4. The van der Waals surface area contributed by atoms with Crippen molar-refractivity contribution in [3.05, 3.63) is 24.0 Å². The van der Waals surface area contributed by atoms with Gasteiger partial charge < -0.3 is 10.2 Å². The molecule has 25 heavy (non-hydrogen) atoms. The second-order valence-corrected chi connectivity index (χ2v) is 6.48. The van der Waals surface area contributed by atoms with Crippen molar-refractivity contribution in [3.63, 3.8) is 0 Å². The number of rotatable bonds is 3. The van der Waals surface area contributed by atoms with Crippen molar-refractivity contribution < 1.29 is 16.8 Å². The molecule has 5 nitrogen and oxygen atoms in total. The minimum atomic E-state index is -0.492. The summed E-state index contributed by atoms with van der Waals surface area (Å²) in [6.07, 6.45) is 2.89. The fraction of sp³-hybridized carbons (Fsp3) is 0.579. The Hall–Kier alpha value is -2.11. The van der Waals surface area contributed by atoms with Gasteiger partial charge in [-0.25, -0.2) is 4.39 Å². The van der Waals surface area contributed by atoms with Crippen LogP contribution in [-0.4, -0.2) is 30.9 Å². The third kappa shape index (κ3) is 4.94. The van der Waals surface area contributed by atoms with Gasteiger partial charge in [0.1, 0.15) is 11.9 Å². The molecule has 0 bridgehead atoms. The van der Waals surface area contributed by atoms with Gasteiger partial charge in [0.05, 0.1) is 5.69 Å². The van der Waals surface area contributed by atoms with E-state index < -0.39 is 6.04 Å². The second-order valence-electron chi connectivity index (χ2n) is 6.48. The number of carbonyl (C=O) groups is 2. The first kappa shape index (κ1) is 19.2. The van der Waals surface area contributed by atoms with Crippen molar-refractivity contribution in [3.8, 4) is 0 Å². The van der Waals surface area contributed by atoms with Crippen LogP contribution in [0.1, 0.15) is 49.3 Å². The second kappa shape index (κ2) is 8.83. The number of piperidine rings is 2. The summed E-state index contributed by atoms with van der Waals surface area (Å²) in [5.41, 5.74) is 1.18. The van der Waals surface area contributed by atoms with E-state index in [2.05, 4.69) is 22.5 Å².